The van der Waals surface area contributed by atoms with E-state index in [1.54, 1.807) is 20.1 Å². The van der Waals surface area contributed by atoms with E-state index in [4.69, 9.17) is 4.74 Å². The van der Waals surface area contributed by atoms with Crippen molar-refractivity contribution in [2.75, 3.05) is 7.11 Å². The van der Waals surface area contributed by atoms with E-state index in [0.717, 1.165) is 5.69 Å². The minimum Gasteiger partial charge on any atom is -0.481 e. The Morgan fingerprint density at radius 3 is 2.91 bits per heavy atom. The Kier molecular flexibility index (Phi) is 2.51. The molecule has 11 heavy (non-hydrogen) atoms. The molecular formula is C9H9NO. The Morgan fingerprint density at radius 2 is 2.27 bits per heavy atom. The predicted molar refractivity (Wildman–Crippen MR) is 43.3 cm³/mol. The Morgan fingerprint density at radius 1 is 1.45 bits per heavy atom. The molecule has 0 aromatic carbocycles. The van der Waals surface area contributed by atoms with Crippen LogP contribution >= 0.6 is 0 Å². The van der Waals surface area contributed by atoms with Crippen molar-refractivity contribution in [1.29, 1.82) is 0 Å². The second kappa shape index (κ2) is 3.62. The number of methoxy groups -OCH3 is 1. The maximum atomic E-state index is 4.92. The van der Waals surface area contributed by atoms with Crippen LogP contribution in [0.25, 0.3) is 0 Å². The normalized spacial score (nSPS) is 8.18. The smallest absolute Gasteiger partial charge is 0.214 e. The van der Waals surface area contributed by atoms with Crippen LogP contribution in [0.4, 0.5) is 0 Å². The summed E-state index contributed by atoms with van der Waals surface area (Å²) in [6, 6.07) is 5.51. The molecular weight excluding hydrogens is 138 g/mol. The third-order valence-electron chi connectivity index (χ3n) is 1.19. The molecule has 1 rings (SSSR count). The highest BCUT2D eigenvalue weighted by atomic mass is 16.5. The van der Waals surface area contributed by atoms with Crippen molar-refractivity contribution in [3.05, 3.63) is 23.9 Å². The Bertz CT molecular complexity index is 296. The Hall–Kier alpha value is -1.49. The molecule has 1 heterocycles. The molecule has 0 aliphatic rings. The molecule has 2 nitrogen and oxygen atoms in total. The number of hydrogen-bond donors (Lipinski definition) is 0. The second-order valence-electron chi connectivity index (χ2n) is 1.94. The fourth-order valence-corrected chi connectivity index (χ4v) is 0.726. The van der Waals surface area contributed by atoms with E-state index >= 15 is 0 Å². The van der Waals surface area contributed by atoms with E-state index in [1.807, 2.05) is 12.1 Å². The summed E-state index contributed by atoms with van der Waals surface area (Å²) >= 11 is 0. The van der Waals surface area contributed by atoms with Crippen LogP contribution in [0.5, 0.6) is 5.88 Å². The molecule has 0 atom stereocenters. The van der Waals surface area contributed by atoms with Gasteiger partial charge in [0.15, 0.2) is 0 Å². The summed E-state index contributed by atoms with van der Waals surface area (Å²) in [6.45, 7) is 1.78. The first-order valence-corrected chi connectivity index (χ1v) is 3.30. The molecule has 0 saturated carbocycles. The van der Waals surface area contributed by atoms with Crippen molar-refractivity contribution >= 4 is 0 Å². The molecule has 2 heteroatoms. The average molecular weight is 147 g/mol. The molecule has 0 bridgehead atoms. The fourth-order valence-electron chi connectivity index (χ4n) is 0.726. The number of hydrogen-bond acceptors (Lipinski definition) is 2. The molecule has 0 N–H and O–H groups in total. The van der Waals surface area contributed by atoms with Crippen LogP contribution in [-0.4, -0.2) is 12.1 Å². The predicted octanol–water partition coefficient (Wildman–Crippen LogP) is 1.46. The van der Waals surface area contributed by atoms with E-state index < -0.39 is 0 Å². The van der Waals surface area contributed by atoms with Crippen molar-refractivity contribution in [1.82, 2.24) is 4.98 Å². The van der Waals surface area contributed by atoms with Crippen LogP contribution in [0, 0.1) is 11.8 Å². The van der Waals surface area contributed by atoms with Gasteiger partial charge in [0.05, 0.1) is 7.11 Å². The van der Waals surface area contributed by atoms with Gasteiger partial charge in [0.1, 0.15) is 5.69 Å². The second-order valence-corrected chi connectivity index (χ2v) is 1.94. The number of rotatable bonds is 1. The van der Waals surface area contributed by atoms with Crippen LogP contribution < -0.4 is 4.74 Å². The lowest BCUT2D eigenvalue weighted by atomic mass is 10.3. The quantitative estimate of drug-likeness (QED) is 0.561. The highest BCUT2D eigenvalue weighted by molar-refractivity contribution is 5.29. The topological polar surface area (TPSA) is 22.1 Å². The summed E-state index contributed by atoms with van der Waals surface area (Å²) in [5.74, 6) is 6.21. The molecule has 1 aromatic rings. The first-order chi connectivity index (χ1) is 5.36. The Balaban J connectivity index is 2.97. The van der Waals surface area contributed by atoms with Crippen LogP contribution in [0.2, 0.25) is 0 Å². The average Bonchev–Trinajstić information content (AvgIpc) is 2.06. The maximum Gasteiger partial charge on any atom is 0.214 e. The Labute approximate surface area is 66.2 Å². The lowest BCUT2D eigenvalue weighted by Gasteiger charge is -1.96. The largest absolute Gasteiger partial charge is 0.481 e. The minimum atomic E-state index is 0.602. The third-order valence-corrected chi connectivity index (χ3v) is 1.19. The van der Waals surface area contributed by atoms with Gasteiger partial charge in [0.2, 0.25) is 5.88 Å². The molecule has 1 aromatic heterocycles. The number of aromatic nitrogens is 1. The van der Waals surface area contributed by atoms with Crippen LogP contribution in [0.15, 0.2) is 18.2 Å². The zero-order valence-electron chi connectivity index (χ0n) is 6.59. The van der Waals surface area contributed by atoms with Gasteiger partial charge in [0, 0.05) is 6.07 Å². The van der Waals surface area contributed by atoms with Crippen molar-refractivity contribution in [2.24, 2.45) is 0 Å². The molecule has 0 aliphatic heterocycles. The van der Waals surface area contributed by atoms with Gasteiger partial charge in [-0.1, -0.05) is 12.0 Å². The van der Waals surface area contributed by atoms with E-state index in [1.165, 1.54) is 0 Å². The van der Waals surface area contributed by atoms with E-state index in [9.17, 15) is 0 Å². The lowest BCUT2D eigenvalue weighted by Crippen LogP contribution is -1.88. The number of pyridine rings is 1. The third kappa shape index (κ3) is 1.98. The summed E-state index contributed by atoms with van der Waals surface area (Å²) in [5.41, 5.74) is 0.742. The van der Waals surface area contributed by atoms with E-state index in [-0.39, 0.29) is 0 Å². The molecule has 0 unspecified atom stereocenters. The van der Waals surface area contributed by atoms with Gasteiger partial charge in [-0.25, -0.2) is 4.98 Å². The summed E-state index contributed by atoms with van der Waals surface area (Å²) in [4.78, 5) is 4.09. The van der Waals surface area contributed by atoms with Crippen molar-refractivity contribution < 1.29 is 4.74 Å². The van der Waals surface area contributed by atoms with Crippen LogP contribution in [0.3, 0.4) is 0 Å². The highest BCUT2D eigenvalue weighted by Gasteiger charge is 1.91. The van der Waals surface area contributed by atoms with Gasteiger partial charge in [-0.3, -0.25) is 0 Å². The molecule has 0 saturated heterocycles. The maximum absolute atomic E-state index is 4.92. The number of ether oxygens (including phenoxy) is 1. The molecule has 0 spiro atoms. The lowest BCUT2D eigenvalue weighted by molar-refractivity contribution is 0.397. The van der Waals surface area contributed by atoms with Gasteiger partial charge >= 0.3 is 0 Å². The first-order valence-electron chi connectivity index (χ1n) is 3.30. The van der Waals surface area contributed by atoms with E-state index in [0.29, 0.717) is 5.88 Å². The van der Waals surface area contributed by atoms with Crippen molar-refractivity contribution in [2.45, 2.75) is 6.92 Å². The van der Waals surface area contributed by atoms with Gasteiger partial charge in [0.25, 0.3) is 0 Å². The van der Waals surface area contributed by atoms with Gasteiger partial charge in [-0.05, 0) is 18.9 Å². The van der Waals surface area contributed by atoms with Crippen LogP contribution in [0.1, 0.15) is 12.6 Å². The molecule has 56 valence electrons. The molecule has 0 aliphatic carbocycles. The van der Waals surface area contributed by atoms with Gasteiger partial charge in [-0.15, -0.1) is 0 Å². The molecule has 0 fully saturated rings. The van der Waals surface area contributed by atoms with Gasteiger partial charge < -0.3 is 4.74 Å². The highest BCUT2D eigenvalue weighted by Crippen LogP contribution is 2.04. The van der Waals surface area contributed by atoms with Gasteiger partial charge in [-0.2, -0.15) is 0 Å². The zero-order chi connectivity index (χ0) is 8.10. The summed E-state index contributed by atoms with van der Waals surface area (Å²) < 4.78 is 4.92. The standard InChI is InChI=1S/C9H9NO/c1-3-5-8-6-4-7-9(10-8)11-2/h4,6-7H,1-2H3. The van der Waals surface area contributed by atoms with E-state index in [2.05, 4.69) is 16.8 Å². The van der Waals surface area contributed by atoms with Crippen molar-refractivity contribution in [3.8, 4) is 17.7 Å². The van der Waals surface area contributed by atoms with Crippen LogP contribution in [-0.2, 0) is 0 Å². The first kappa shape index (κ1) is 7.62. The summed E-state index contributed by atoms with van der Waals surface area (Å²) in [5, 5.41) is 0. The summed E-state index contributed by atoms with van der Waals surface area (Å²) in [6.07, 6.45) is 0. The summed E-state index contributed by atoms with van der Waals surface area (Å²) in [7, 11) is 1.59. The number of nitrogens with zero attached hydrogens (tertiary/aromatic N) is 1. The SMILES string of the molecule is CC#Cc1cccc(OC)n1. The monoisotopic (exact) mass is 147 g/mol. The molecule has 0 amide bonds. The molecule has 0 radical (unpaired) electrons. The fraction of sp³-hybridized carbons (Fsp3) is 0.222. The minimum absolute atomic E-state index is 0.602. The zero-order valence-corrected chi connectivity index (χ0v) is 6.59. The van der Waals surface area contributed by atoms with Crippen molar-refractivity contribution in [3.63, 3.8) is 0 Å².